The highest BCUT2D eigenvalue weighted by atomic mass is 32.2. The van der Waals surface area contributed by atoms with Crippen LogP contribution in [-0.2, 0) is 25.9 Å². The minimum atomic E-state index is -3.30. The number of hydrogen-bond donors (Lipinski definition) is 1. The quantitative estimate of drug-likeness (QED) is 0.708. The van der Waals surface area contributed by atoms with Gasteiger partial charge in [-0.1, -0.05) is 30.3 Å². The van der Waals surface area contributed by atoms with E-state index in [-0.39, 0.29) is 18.4 Å². The van der Waals surface area contributed by atoms with Gasteiger partial charge in [-0.15, -0.1) is 0 Å². The first-order chi connectivity index (χ1) is 11.1. The lowest BCUT2D eigenvalue weighted by Gasteiger charge is -2.34. The van der Waals surface area contributed by atoms with Crippen LogP contribution in [0.1, 0.15) is 5.56 Å². The summed E-state index contributed by atoms with van der Waals surface area (Å²) in [6.45, 7) is 3.66. The van der Waals surface area contributed by atoms with E-state index in [0.29, 0.717) is 19.8 Å². The van der Waals surface area contributed by atoms with Gasteiger partial charge in [0.15, 0.2) is 0 Å². The van der Waals surface area contributed by atoms with Crippen molar-refractivity contribution in [1.29, 1.82) is 0 Å². The first-order valence-electron chi connectivity index (χ1n) is 7.93. The van der Waals surface area contributed by atoms with Crippen LogP contribution in [0, 0.1) is 0 Å². The highest BCUT2D eigenvalue weighted by Gasteiger charge is 2.23. The van der Waals surface area contributed by atoms with Crippen LogP contribution in [-0.4, -0.2) is 71.7 Å². The highest BCUT2D eigenvalue weighted by molar-refractivity contribution is 7.89. The second-order valence-electron chi connectivity index (χ2n) is 5.65. The van der Waals surface area contributed by atoms with E-state index in [1.165, 1.54) is 12.7 Å². The Morgan fingerprint density at radius 2 is 1.96 bits per heavy atom. The smallest absolute Gasteiger partial charge is 0.213 e. The zero-order chi connectivity index (χ0) is 16.5. The largest absolute Gasteiger partial charge is 0.384 e. The molecule has 1 aliphatic heterocycles. The Morgan fingerprint density at radius 1 is 1.26 bits per heavy atom. The number of ether oxygens (including phenoxy) is 2. The van der Waals surface area contributed by atoms with E-state index >= 15 is 0 Å². The van der Waals surface area contributed by atoms with Gasteiger partial charge in [-0.05, 0) is 12.0 Å². The van der Waals surface area contributed by atoms with Gasteiger partial charge in [-0.25, -0.2) is 13.1 Å². The maximum absolute atomic E-state index is 12.0. The summed E-state index contributed by atoms with van der Waals surface area (Å²) in [7, 11) is -1.80. The van der Waals surface area contributed by atoms with Crippen molar-refractivity contribution in [2.24, 2.45) is 0 Å². The third-order valence-corrected chi connectivity index (χ3v) is 5.28. The number of rotatable bonds is 9. The Morgan fingerprint density at radius 3 is 2.61 bits per heavy atom. The fourth-order valence-corrected chi connectivity index (χ4v) is 3.62. The lowest BCUT2D eigenvalue weighted by atomic mass is 10.0. The highest BCUT2D eigenvalue weighted by Crippen LogP contribution is 2.11. The lowest BCUT2D eigenvalue weighted by molar-refractivity contribution is 0.0177. The molecule has 2 rings (SSSR count). The predicted octanol–water partition coefficient (Wildman–Crippen LogP) is 0.496. The van der Waals surface area contributed by atoms with Gasteiger partial charge in [0.1, 0.15) is 0 Å². The van der Waals surface area contributed by atoms with Crippen molar-refractivity contribution in [3.63, 3.8) is 0 Å². The van der Waals surface area contributed by atoms with Gasteiger partial charge in [0, 0.05) is 32.8 Å². The van der Waals surface area contributed by atoms with Crippen molar-refractivity contribution in [1.82, 2.24) is 9.62 Å². The molecule has 1 saturated heterocycles. The summed E-state index contributed by atoms with van der Waals surface area (Å²) in [5.41, 5.74) is 1.21. The summed E-state index contributed by atoms with van der Waals surface area (Å²) >= 11 is 0. The Labute approximate surface area is 138 Å². The molecular formula is C16H26N2O4S. The molecule has 23 heavy (non-hydrogen) atoms. The van der Waals surface area contributed by atoms with E-state index in [4.69, 9.17) is 9.47 Å². The SMILES string of the molecule is COCCS(=O)(=O)NCC(Cc1ccccc1)N1CCOCC1. The predicted molar refractivity (Wildman–Crippen MR) is 90.0 cm³/mol. The molecule has 0 aromatic heterocycles. The molecule has 0 bridgehead atoms. The number of nitrogens with zero attached hydrogens (tertiary/aromatic N) is 1. The molecule has 1 atom stereocenters. The van der Waals surface area contributed by atoms with Crippen molar-refractivity contribution in [2.75, 3.05) is 52.3 Å². The maximum atomic E-state index is 12.0. The van der Waals surface area contributed by atoms with E-state index < -0.39 is 10.0 Å². The Kier molecular flexibility index (Phi) is 7.45. The normalized spacial score (nSPS) is 18.0. The second-order valence-corrected chi connectivity index (χ2v) is 7.58. The second kappa shape index (κ2) is 9.34. The molecule has 0 radical (unpaired) electrons. The molecular weight excluding hydrogens is 316 g/mol. The third-order valence-electron chi connectivity index (χ3n) is 3.97. The van der Waals surface area contributed by atoms with Crippen molar-refractivity contribution >= 4 is 10.0 Å². The van der Waals surface area contributed by atoms with Crippen molar-refractivity contribution in [3.05, 3.63) is 35.9 Å². The molecule has 0 amide bonds. The average molecular weight is 342 g/mol. The van der Waals surface area contributed by atoms with Crippen molar-refractivity contribution in [3.8, 4) is 0 Å². The summed E-state index contributed by atoms with van der Waals surface area (Å²) in [6, 6.07) is 10.3. The standard InChI is InChI=1S/C16H26N2O4S/c1-21-11-12-23(19,20)17-14-16(18-7-9-22-10-8-18)13-15-5-3-2-4-6-15/h2-6,16-17H,7-14H2,1H3. The number of hydrogen-bond acceptors (Lipinski definition) is 5. The number of benzene rings is 1. The minimum Gasteiger partial charge on any atom is -0.384 e. The van der Waals surface area contributed by atoms with E-state index in [2.05, 4.69) is 21.8 Å². The summed E-state index contributed by atoms with van der Waals surface area (Å²) in [5, 5.41) is 0. The molecule has 0 spiro atoms. The molecule has 7 heteroatoms. The molecule has 130 valence electrons. The van der Waals surface area contributed by atoms with E-state index in [9.17, 15) is 8.42 Å². The summed E-state index contributed by atoms with van der Waals surface area (Å²) in [6.07, 6.45) is 0.813. The summed E-state index contributed by atoms with van der Waals surface area (Å²) in [4.78, 5) is 2.30. The van der Waals surface area contributed by atoms with Crippen LogP contribution >= 0.6 is 0 Å². The van der Waals surface area contributed by atoms with E-state index in [1.54, 1.807) is 0 Å². The van der Waals surface area contributed by atoms with Crippen LogP contribution in [0.25, 0.3) is 0 Å². The monoisotopic (exact) mass is 342 g/mol. The molecule has 1 heterocycles. The van der Waals surface area contributed by atoms with Gasteiger partial charge in [-0.3, -0.25) is 4.90 Å². The molecule has 1 aromatic rings. The van der Waals surface area contributed by atoms with Gasteiger partial charge < -0.3 is 9.47 Å². The Hall–Kier alpha value is -0.990. The average Bonchev–Trinajstić information content (AvgIpc) is 2.58. The Bertz CT molecular complexity index is 544. The van der Waals surface area contributed by atoms with Crippen LogP contribution in [0.3, 0.4) is 0 Å². The summed E-state index contributed by atoms with van der Waals surface area (Å²) < 4.78 is 37.0. The molecule has 1 unspecified atom stereocenters. The number of nitrogens with one attached hydrogen (secondary N) is 1. The number of methoxy groups -OCH3 is 1. The molecule has 1 fully saturated rings. The zero-order valence-electron chi connectivity index (χ0n) is 13.6. The molecule has 0 aliphatic carbocycles. The lowest BCUT2D eigenvalue weighted by Crippen LogP contribution is -2.50. The molecule has 1 aliphatic rings. The molecule has 6 nitrogen and oxygen atoms in total. The number of sulfonamides is 1. The molecule has 1 N–H and O–H groups in total. The van der Waals surface area contributed by atoms with Gasteiger partial charge in [0.25, 0.3) is 0 Å². The van der Waals surface area contributed by atoms with Crippen LogP contribution in [0.4, 0.5) is 0 Å². The summed E-state index contributed by atoms with van der Waals surface area (Å²) in [5.74, 6) is -0.00926. The third kappa shape index (κ3) is 6.56. The first kappa shape index (κ1) is 18.4. The van der Waals surface area contributed by atoms with Crippen molar-refractivity contribution in [2.45, 2.75) is 12.5 Å². The van der Waals surface area contributed by atoms with Crippen LogP contribution < -0.4 is 4.72 Å². The molecule has 0 saturated carbocycles. The minimum absolute atomic E-state index is 0.00926. The maximum Gasteiger partial charge on any atom is 0.213 e. The fourth-order valence-electron chi connectivity index (χ4n) is 2.65. The van der Waals surface area contributed by atoms with Crippen LogP contribution in [0.2, 0.25) is 0 Å². The molecule has 1 aromatic carbocycles. The van der Waals surface area contributed by atoms with Gasteiger partial charge >= 0.3 is 0 Å². The van der Waals surface area contributed by atoms with Gasteiger partial charge in [-0.2, -0.15) is 0 Å². The fraction of sp³-hybridized carbons (Fsp3) is 0.625. The zero-order valence-corrected chi connectivity index (χ0v) is 14.4. The number of morpholine rings is 1. The van der Waals surface area contributed by atoms with E-state index in [1.807, 2.05) is 18.2 Å². The first-order valence-corrected chi connectivity index (χ1v) is 9.58. The Balaban J connectivity index is 1.98. The van der Waals surface area contributed by atoms with Crippen LogP contribution in [0.15, 0.2) is 30.3 Å². The topological polar surface area (TPSA) is 67.9 Å². The van der Waals surface area contributed by atoms with Gasteiger partial charge in [0.2, 0.25) is 10.0 Å². The van der Waals surface area contributed by atoms with Crippen LogP contribution in [0.5, 0.6) is 0 Å². The van der Waals surface area contributed by atoms with Crippen molar-refractivity contribution < 1.29 is 17.9 Å². The van der Waals surface area contributed by atoms with E-state index in [0.717, 1.165) is 19.5 Å². The van der Waals surface area contributed by atoms with Gasteiger partial charge in [0.05, 0.1) is 25.6 Å².